The Kier molecular flexibility index (Phi) is 5.48. The number of rotatable bonds is 5. The molecule has 5 nitrogen and oxygen atoms in total. The molecule has 1 N–H and O–H groups in total. The first-order valence-corrected chi connectivity index (χ1v) is 9.82. The largest absolute Gasteiger partial charge is 0.465 e. The fourth-order valence-electron chi connectivity index (χ4n) is 2.48. The lowest BCUT2D eigenvalue weighted by atomic mass is 10.1. The summed E-state index contributed by atoms with van der Waals surface area (Å²) in [5, 5.41) is 0.639. The Morgan fingerprint density at radius 3 is 1.89 bits per heavy atom. The van der Waals surface area contributed by atoms with Gasteiger partial charge in [-0.15, -0.1) is 0 Å². The molecule has 0 amide bonds. The number of benzene rings is 3. The third-order valence-electron chi connectivity index (χ3n) is 3.90. The first-order chi connectivity index (χ1) is 12.9. The number of carbonyl (C=O) groups is 1. The summed E-state index contributed by atoms with van der Waals surface area (Å²) in [4.78, 5) is 11.6. The lowest BCUT2D eigenvalue weighted by molar-refractivity contribution is 0.0601. The second kappa shape index (κ2) is 7.82. The highest BCUT2D eigenvalue weighted by Crippen LogP contribution is 2.24. The standard InChI is InChI=1S/C20H16ClNO4S/c1-26-20(23)16-4-10-18(11-5-16)22-27(24,25)19-12-6-15(7-13-19)14-2-8-17(21)9-3-14/h2-13,22H,1H3. The van der Waals surface area contributed by atoms with Gasteiger partial charge in [-0.2, -0.15) is 0 Å². The number of sulfonamides is 1. The lowest BCUT2D eigenvalue weighted by Crippen LogP contribution is -2.13. The predicted molar refractivity (Wildman–Crippen MR) is 105 cm³/mol. The van der Waals surface area contributed by atoms with E-state index in [4.69, 9.17) is 11.6 Å². The average Bonchev–Trinajstić information content (AvgIpc) is 2.68. The van der Waals surface area contributed by atoms with Crippen LogP contribution < -0.4 is 4.72 Å². The van der Waals surface area contributed by atoms with Gasteiger partial charge in [0, 0.05) is 10.7 Å². The first kappa shape index (κ1) is 18.9. The summed E-state index contributed by atoms with van der Waals surface area (Å²) in [5.41, 5.74) is 2.51. The van der Waals surface area contributed by atoms with Crippen LogP contribution in [0.15, 0.2) is 77.7 Å². The fourth-order valence-corrected chi connectivity index (χ4v) is 3.66. The maximum absolute atomic E-state index is 12.5. The molecule has 0 aliphatic heterocycles. The van der Waals surface area contributed by atoms with Crippen LogP contribution in [0, 0.1) is 0 Å². The highest BCUT2D eigenvalue weighted by molar-refractivity contribution is 7.92. The Morgan fingerprint density at radius 2 is 1.37 bits per heavy atom. The zero-order valence-electron chi connectivity index (χ0n) is 14.3. The van der Waals surface area contributed by atoms with Crippen LogP contribution in [0.1, 0.15) is 10.4 Å². The molecule has 0 aromatic heterocycles. The number of hydrogen-bond acceptors (Lipinski definition) is 4. The molecule has 0 spiro atoms. The quantitative estimate of drug-likeness (QED) is 0.634. The second-order valence-corrected chi connectivity index (χ2v) is 7.82. The maximum Gasteiger partial charge on any atom is 0.337 e. The van der Waals surface area contributed by atoms with Crippen molar-refractivity contribution in [2.75, 3.05) is 11.8 Å². The number of anilines is 1. The number of halogens is 1. The molecule has 0 unspecified atom stereocenters. The van der Waals surface area contributed by atoms with Crippen LogP contribution in [-0.4, -0.2) is 21.5 Å². The van der Waals surface area contributed by atoms with E-state index < -0.39 is 16.0 Å². The first-order valence-electron chi connectivity index (χ1n) is 7.96. The van der Waals surface area contributed by atoms with E-state index in [0.717, 1.165) is 11.1 Å². The van der Waals surface area contributed by atoms with Gasteiger partial charge < -0.3 is 4.74 Å². The zero-order valence-corrected chi connectivity index (χ0v) is 15.9. The van der Waals surface area contributed by atoms with Gasteiger partial charge in [0.1, 0.15) is 0 Å². The number of methoxy groups -OCH3 is 1. The van der Waals surface area contributed by atoms with E-state index in [1.165, 1.54) is 43.5 Å². The minimum Gasteiger partial charge on any atom is -0.465 e. The Labute approximate surface area is 162 Å². The molecule has 0 radical (unpaired) electrons. The molecule has 0 fully saturated rings. The Hall–Kier alpha value is -2.83. The van der Waals surface area contributed by atoms with E-state index >= 15 is 0 Å². The third-order valence-corrected chi connectivity index (χ3v) is 5.55. The molecule has 3 rings (SSSR count). The summed E-state index contributed by atoms with van der Waals surface area (Å²) in [6, 6.07) is 19.8. The molecule has 0 bridgehead atoms. The summed E-state index contributed by atoms with van der Waals surface area (Å²) in [5.74, 6) is -0.484. The van der Waals surface area contributed by atoms with Crippen molar-refractivity contribution < 1.29 is 17.9 Å². The molecular formula is C20H16ClNO4S. The molecule has 0 atom stereocenters. The minimum absolute atomic E-state index is 0.136. The van der Waals surface area contributed by atoms with Gasteiger partial charge in [-0.1, -0.05) is 35.9 Å². The molecule has 3 aromatic rings. The predicted octanol–water partition coefficient (Wildman–Crippen LogP) is 4.59. The van der Waals surface area contributed by atoms with Gasteiger partial charge in [0.25, 0.3) is 10.0 Å². The minimum atomic E-state index is -3.74. The number of nitrogens with one attached hydrogen (secondary N) is 1. The van der Waals surface area contributed by atoms with Gasteiger partial charge in [-0.3, -0.25) is 4.72 Å². The highest BCUT2D eigenvalue weighted by atomic mass is 35.5. The molecule has 7 heteroatoms. The van der Waals surface area contributed by atoms with Gasteiger partial charge in [0.05, 0.1) is 17.6 Å². The number of esters is 1. The summed E-state index contributed by atoms with van der Waals surface area (Å²) < 4.78 is 32.2. The molecule has 27 heavy (non-hydrogen) atoms. The number of hydrogen-bond donors (Lipinski definition) is 1. The van der Waals surface area contributed by atoms with Crippen LogP contribution in [0.4, 0.5) is 5.69 Å². The van der Waals surface area contributed by atoms with Crippen LogP contribution in [0.2, 0.25) is 5.02 Å². The van der Waals surface area contributed by atoms with Gasteiger partial charge >= 0.3 is 5.97 Å². The van der Waals surface area contributed by atoms with Crippen LogP contribution in [0.25, 0.3) is 11.1 Å². The summed E-state index contributed by atoms with van der Waals surface area (Å²) >= 11 is 5.88. The summed E-state index contributed by atoms with van der Waals surface area (Å²) in [7, 11) is -2.46. The van der Waals surface area contributed by atoms with Gasteiger partial charge in [0.15, 0.2) is 0 Å². The normalized spacial score (nSPS) is 11.0. The van der Waals surface area contributed by atoms with E-state index in [-0.39, 0.29) is 4.90 Å². The Morgan fingerprint density at radius 1 is 0.852 bits per heavy atom. The van der Waals surface area contributed by atoms with E-state index in [1.54, 1.807) is 24.3 Å². The van der Waals surface area contributed by atoms with Crippen molar-refractivity contribution in [3.8, 4) is 11.1 Å². The average molecular weight is 402 g/mol. The summed E-state index contributed by atoms with van der Waals surface area (Å²) in [6.07, 6.45) is 0. The van der Waals surface area contributed by atoms with Crippen molar-refractivity contribution in [1.82, 2.24) is 0 Å². The SMILES string of the molecule is COC(=O)c1ccc(NS(=O)(=O)c2ccc(-c3ccc(Cl)cc3)cc2)cc1. The second-order valence-electron chi connectivity index (χ2n) is 5.71. The maximum atomic E-state index is 12.5. The van der Waals surface area contributed by atoms with Crippen LogP contribution in [0.3, 0.4) is 0 Å². The van der Waals surface area contributed by atoms with Crippen molar-refractivity contribution >= 4 is 33.3 Å². The molecule has 138 valence electrons. The van der Waals surface area contributed by atoms with Crippen LogP contribution in [-0.2, 0) is 14.8 Å². The lowest BCUT2D eigenvalue weighted by Gasteiger charge is -2.09. The van der Waals surface area contributed by atoms with Crippen molar-refractivity contribution in [1.29, 1.82) is 0 Å². The van der Waals surface area contributed by atoms with Crippen molar-refractivity contribution in [2.24, 2.45) is 0 Å². The summed E-state index contributed by atoms with van der Waals surface area (Å²) in [6.45, 7) is 0. The fraction of sp³-hybridized carbons (Fsp3) is 0.0500. The molecule has 0 saturated carbocycles. The van der Waals surface area contributed by atoms with Crippen LogP contribution >= 0.6 is 11.6 Å². The molecule has 0 saturated heterocycles. The van der Waals surface area contributed by atoms with E-state index in [2.05, 4.69) is 9.46 Å². The Balaban J connectivity index is 1.78. The van der Waals surface area contributed by atoms with Crippen molar-refractivity contribution in [3.05, 3.63) is 83.4 Å². The van der Waals surface area contributed by atoms with Crippen molar-refractivity contribution in [3.63, 3.8) is 0 Å². The van der Waals surface area contributed by atoms with Gasteiger partial charge in [-0.25, -0.2) is 13.2 Å². The van der Waals surface area contributed by atoms with E-state index in [0.29, 0.717) is 16.3 Å². The van der Waals surface area contributed by atoms with Crippen molar-refractivity contribution in [2.45, 2.75) is 4.90 Å². The molecule has 0 heterocycles. The Bertz CT molecular complexity index is 1040. The van der Waals surface area contributed by atoms with E-state index in [9.17, 15) is 13.2 Å². The number of ether oxygens (including phenoxy) is 1. The third kappa shape index (κ3) is 4.48. The topological polar surface area (TPSA) is 72.5 Å². The van der Waals surface area contributed by atoms with Gasteiger partial charge in [-0.05, 0) is 59.7 Å². The smallest absolute Gasteiger partial charge is 0.337 e. The van der Waals surface area contributed by atoms with Gasteiger partial charge in [0.2, 0.25) is 0 Å². The monoisotopic (exact) mass is 401 g/mol. The molecule has 3 aromatic carbocycles. The van der Waals surface area contributed by atoms with Crippen LogP contribution in [0.5, 0.6) is 0 Å². The molecule has 0 aliphatic rings. The number of carbonyl (C=O) groups excluding carboxylic acids is 1. The highest BCUT2D eigenvalue weighted by Gasteiger charge is 2.15. The molecular weight excluding hydrogens is 386 g/mol. The zero-order chi connectivity index (χ0) is 19.4. The molecule has 0 aliphatic carbocycles. The van der Waals surface area contributed by atoms with E-state index in [1.807, 2.05) is 12.1 Å².